The maximum Gasteiger partial charge on any atom is 0.407 e. The highest BCUT2D eigenvalue weighted by molar-refractivity contribution is 5.87. The highest BCUT2D eigenvalue weighted by Crippen LogP contribution is 2.38. The second-order valence-electron chi connectivity index (χ2n) is 15.9. The van der Waals surface area contributed by atoms with Gasteiger partial charge in [-0.3, -0.25) is 9.59 Å². The number of alkyl carbamates (subject to hydrolysis) is 2. The van der Waals surface area contributed by atoms with Gasteiger partial charge < -0.3 is 54.2 Å². The van der Waals surface area contributed by atoms with Crippen LogP contribution in [0.15, 0.2) is 54.9 Å². The van der Waals surface area contributed by atoms with Crippen molar-refractivity contribution in [3.05, 3.63) is 66.5 Å². The van der Waals surface area contributed by atoms with Gasteiger partial charge in [0.25, 0.3) is 0 Å². The second kappa shape index (κ2) is 20.8. The normalized spacial score (nSPS) is 20.0. The Kier molecular flexibility index (Phi) is 14.8. The molecule has 0 spiro atoms. The van der Waals surface area contributed by atoms with Gasteiger partial charge in [0.15, 0.2) is 0 Å². The summed E-state index contributed by atoms with van der Waals surface area (Å²) in [7, 11) is 2.57. The third kappa shape index (κ3) is 10.2. The van der Waals surface area contributed by atoms with Gasteiger partial charge in [0.1, 0.15) is 29.5 Å². The summed E-state index contributed by atoms with van der Waals surface area (Å²) in [6.07, 6.45) is 7.31. The SMILES string of the molecule is CCN(CC)CC[C@@H](NC(=O)OC)C(=O)N1CCC[C@H]1c1ncc(-c2ccc(-c3ccc4c(c3)OCCCCOC[C@H](NC(=O)OC)C(=O)N3CCC[C@H]3c3ncc-4[nH]3)cc2)[nH]1. The quantitative estimate of drug-likeness (QED) is 0.142. The van der Waals surface area contributed by atoms with Crippen molar-refractivity contribution in [2.24, 2.45) is 0 Å². The number of hydrogen-bond donors (Lipinski definition) is 4. The predicted molar refractivity (Wildman–Crippen MR) is 231 cm³/mol. The molecule has 4 amide bonds. The number of methoxy groups -OCH3 is 2. The van der Waals surface area contributed by atoms with Crippen molar-refractivity contribution in [1.29, 1.82) is 0 Å². The molecule has 4 aromatic rings. The third-order valence-corrected chi connectivity index (χ3v) is 12.1. The van der Waals surface area contributed by atoms with E-state index in [0.29, 0.717) is 69.5 Å². The van der Waals surface area contributed by atoms with Crippen LogP contribution in [0, 0.1) is 0 Å². The molecule has 3 aliphatic rings. The molecule has 332 valence electrons. The smallest absolute Gasteiger partial charge is 0.407 e. The maximum atomic E-state index is 13.9. The fourth-order valence-electron chi connectivity index (χ4n) is 8.59. The molecular formula is C45H59N9O8. The first kappa shape index (κ1) is 44.1. The molecule has 2 aromatic heterocycles. The molecular weight excluding hydrogens is 795 g/mol. The van der Waals surface area contributed by atoms with E-state index in [1.807, 2.05) is 29.2 Å². The largest absolute Gasteiger partial charge is 0.493 e. The zero-order valence-electron chi connectivity index (χ0n) is 36.1. The summed E-state index contributed by atoms with van der Waals surface area (Å²) in [6.45, 7) is 8.56. The van der Waals surface area contributed by atoms with Gasteiger partial charge in [-0.2, -0.15) is 0 Å². The number of carbonyl (C=O) groups is 4. The monoisotopic (exact) mass is 853 g/mol. The summed E-state index contributed by atoms with van der Waals surface area (Å²) in [5.74, 6) is 1.73. The van der Waals surface area contributed by atoms with E-state index in [2.05, 4.69) is 57.5 Å². The Bertz CT molecular complexity index is 2150. The summed E-state index contributed by atoms with van der Waals surface area (Å²) in [5, 5.41) is 5.42. The van der Waals surface area contributed by atoms with Crippen LogP contribution in [0.25, 0.3) is 33.6 Å². The maximum absolute atomic E-state index is 13.9. The van der Waals surface area contributed by atoms with Crippen LogP contribution in [0.3, 0.4) is 0 Å². The molecule has 0 saturated carbocycles. The first-order valence-electron chi connectivity index (χ1n) is 21.8. The lowest BCUT2D eigenvalue weighted by Gasteiger charge is -2.29. The van der Waals surface area contributed by atoms with Gasteiger partial charge in [-0.25, -0.2) is 19.6 Å². The number of aromatic nitrogens is 4. The molecule has 4 atom stereocenters. The van der Waals surface area contributed by atoms with Crippen LogP contribution in [-0.4, -0.2) is 137 Å². The molecule has 0 aliphatic carbocycles. The van der Waals surface area contributed by atoms with Crippen LogP contribution in [0.4, 0.5) is 9.59 Å². The average molecular weight is 854 g/mol. The first-order chi connectivity index (χ1) is 30.2. The molecule has 2 bridgehead atoms. The Balaban J connectivity index is 1.07. The summed E-state index contributed by atoms with van der Waals surface area (Å²) in [5.41, 5.74) is 5.41. The molecule has 5 heterocycles. The van der Waals surface area contributed by atoms with Gasteiger partial charge in [-0.1, -0.05) is 44.2 Å². The zero-order chi connectivity index (χ0) is 43.6. The van der Waals surface area contributed by atoms with Crippen LogP contribution >= 0.6 is 0 Å². The summed E-state index contributed by atoms with van der Waals surface area (Å²) < 4.78 is 22.0. The van der Waals surface area contributed by atoms with Crippen molar-refractivity contribution in [3.8, 4) is 39.4 Å². The fourth-order valence-corrected chi connectivity index (χ4v) is 8.59. The Morgan fingerprint density at radius 3 is 2.26 bits per heavy atom. The first-order valence-corrected chi connectivity index (χ1v) is 21.8. The van der Waals surface area contributed by atoms with Crippen molar-refractivity contribution >= 4 is 24.0 Å². The zero-order valence-corrected chi connectivity index (χ0v) is 36.1. The number of imidazole rings is 2. The van der Waals surface area contributed by atoms with E-state index in [0.717, 1.165) is 72.4 Å². The van der Waals surface area contributed by atoms with Crippen molar-refractivity contribution < 1.29 is 38.1 Å². The van der Waals surface area contributed by atoms with E-state index < -0.39 is 24.3 Å². The molecule has 0 unspecified atom stereocenters. The molecule has 4 N–H and O–H groups in total. The van der Waals surface area contributed by atoms with Crippen LogP contribution in [-0.2, 0) is 23.8 Å². The van der Waals surface area contributed by atoms with Gasteiger partial charge in [-0.05, 0) is 86.9 Å². The van der Waals surface area contributed by atoms with E-state index >= 15 is 0 Å². The molecule has 0 radical (unpaired) electrons. The number of benzene rings is 2. The number of fused-ring (bicyclic) bond motifs is 6. The molecule has 17 nitrogen and oxygen atoms in total. The molecule has 3 aliphatic heterocycles. The average Bonchev–Trinajstić information content (AvgIpc) is 4.15. The van der Waals surface area contributed by atoms with E-state index in [4.69, 9.17) is 28.9 Å². The lowest BCUT2D eigenvalue weighted by Crippen LogP contribution is -2.50. The third-order valence-electron chi connectivity index (χ3n) is 12.1. The Morgan fingerprint density at radius 2 is 1.50 bits per heavy atom. The molecule has 2 saturated heterocycles. The van der Waals surface area contributed by atoms with E-state index in [-0.39, 0.29) is 30.5 Å². The number of aromatic amines is 2. The molecule has 2 fully saturated rings. The highest BCUT2D eigenvalue weighted by atomic mass is 16.5. The van der Waals surface area contributed by atoms with Crippen molar-refractivity contribution in [2.45, 2.75) is 83.0 Å². The van der Waals surface area contributed by atoms with Crippen LogP contribution < -0.4 is 15.4 Å². The van der Waals surface area contributed by atoms with Gasteiger partial charge >= 0.3 is 12.2 Å². The van der Waals surface area contributed by atoms with Crippen molar-refractivity contribution in [2.75, 3.05) is 66.8 Å². The van der Waals surface area contributed by atoms with Crippen molar-refractivity contribution in [3.63, 3.8) is 0 Å². The van der Waals surface area contributed by atoms with E-state index in [1.54, 1.807) is 17.3 Å². The van der Waals surface area contributed by atoms with Crippen LogP contribution in [0.5, 0.6) is 5.75 Å². The van der Waals surface area contributed by atoms with Crippen molar-refractivity contribution in [1.82, 2.24) is 45.3 Å². The van der Waals surface area contributed by atoms with E-state index in [9.17, 15) is 19.2 Å². The number of amides is 4. The van der Waals surface area contributed by atoms with Gasteiger partial charge in [0.2, 0.25) is 11.8 Å². The fraction of sp³-hybridized carbons (Fsp3) is 0.511. The minimum Gasteiger partial charge on any atom is -0.493 e. The Hall–Kier alpha value is -5.94. The standard InChI is InChI=1S/C45H59N9O8/c1-5-52(6-2)22-19-33(50-44(57)59-3)42(55)53-20-9-11-37(53)40-46-26-34(48-40)30-15-13-29(14-16-30)31-17-18-32-35-27-47-41(49-35)38-12-10-21-54(38)43(56)36(51-45(58)60-4)28-61-23-7-8-24-62-39(32)25-31/h13-18,25-27,33,36-38H,5-12,19-24,28H2,1-4H3,(H,46,48)(H,47,49)(H,50,57)(H,51,58)/t33-,36+,37+,38+/m1/s1. The van der Waals surface area contributed by atoms with Crippen LogP contribution in [0.2, 0.25) is 0 Å². The van der Waals surface area contributed by atoms with Crippen LogP contribution in [0.1, 0.15) is 82.5 Å². The number of likely N-dealkylation sites (tertiary alicyclic amines) is 1. The number of hydrogen-bond acceptors (Lipinski definition) is 11. The number of carbonyl (C=O) groups excluding carboxylic acids is 4. The topological polar surface area (TPSA) is 196 Å². The number of rotatable bonds is 11. The van der Waals surface area contributed by atoms with E-state index in [1.165, 1.54) is 14.2 Å². The second-order valence-corrected chi connectivity index (χ2v) is 15.9. The molecule has 17 heteroatoms. The number of nitrogens with zero attached hydrogens (tertiary/aromatic N) is 5. The summed E-state index contributed by atoms with van der Waals surface area (Å²) in [6, 6.07) is 12.3. The molecule has 2 aromatic carbocycles. The highest BCUT2D eigenvalue weighted by Gasteiger charge is 2.38. The minimum atomic E-state index is -0.878. The number of nitrogens with one attached hydrogen (secondary N) is 4. The number of ether oxygens (including phenoxy) is 4. The summed E-state index contributed by atoms with van der Waals surface area (Å²) >= 11 is 0. The summed E-state index contributed by atoms with van der Waals surface area (Å²) in [4.78, 5) is 74.3. The molecule has 7 rings (SSSR count). The lowest BCUT2D eigenvalue weighted by molar-refractivity contribution is -0.136. The Labute approximate surface area is 362 Å². The minimum absolute atomic E-state index is 0.0315. The van der Waals surface area contributed by atoms with Gasteiger partial charge in [0.05, 0.1) is 63.3 Å². The Morgan fingerprint density at radius 1 is 0.839 bits per heavy atom. The predicted octanol–water partition coefficient (Wildman–Crippen LogP) is 5.83. The lowest BCUT2D eigenvalue weighted by atomic mass is 10.00. The molecule has 62 heavy (non-hydrogen) atoms. The van der Waals surface area contributed by atoms with Gasteiger partial charge in [0, 0.05) is 31.8 Å². The number of H-pyrrole nitrogens is 2. The van der Waals surface area contributed by atoms with Gasteiger partial charge in [-0.15, -0.1) is 0 Å².